The number of nitrogens with zero attached hydrogens (tertiary/aromatic N) is 1. The van der Waals surface area contributed by atoms with Crippen LogP contribution < -0.4 is 21.5 Å². The van der Waals surface area contributed by atoms with E-state index in [1.807, 2.05) is 26.0 Å². The molecule has 2 aliphatic heterocycles. The lowest BCUT2D eigenvalue weighted by Crippen LogP contribution is -2.41. The highest BCUT2D eigenvalue weighted by molar-refractivity contribution is 6.13. The first kappa shape index (κ1) is 28.1. The molecule has 0 aromatic carbocycles. The second-order valence-corrected chi connectivity index (χ2v) is 10.1. The average Bonchev–Trinajstić information content (AvgIpc) is 2.85. The van der Waals surface area contributed by atoms with Crippen LogP contribution in [0.25, 0.3) is 17.3 Å². The highest BCUT2D eigenvalue weighted by atomic mass is 19.3. The third-order valence-corrected chi connectivity index (χ3v) is 6.15. The summed E-state index contributed by atoms with van der Waals surface area (Å²) in [5, 5.41) is 27.4. The first-order valence-corrected chi connectivity index (χ1v) is 12.6. The summed E-state index contributed by atoms with van der Waals surface area (Å²) in [6.07, 6.45) is 13.3. The smallest absolute Gasteiger partial charge is 0.388 e. The predicted octanol–water partition coefficient (Wildman–Crippen LogP) is 3.78. The number of dihydropyridines is 1. The number of nitrogens with one attached hydrogen (secondary N) is 4. The van der Waals surface area contributed by atoms with Gasteiger partial charge in [0.05, 0.1) is 17.9 Å². The Labute approximate surface area is 225 Å². The van der Waals surface area contributed by atoms with Crippen LogP contribution in [0.4, 0.5) is 14.6 Å². The average molecular weight is 542 g/mol. The van der Waals surface area contributed by atoms with E-state index < -0.39 is 17.9 Å². The van der Waals surface area contributed by atoms with E-state index in [9.17, 15) is 18.7 Å². The van der Waals surface area contributed by atoms with Crippen molar-refractivity contribution in [1.82, 2.24) is 15.2 Å². The highest BCUT2D eigenvalue weighted by Crippen LogP contribution is 2.33. The Kier molecular flexibility index (Phi) is 7.94. The van der Waals surface area contributed by atoms with Gasteiger partial charge in [-0.15, -0.1) is 0 Å². The Morgan fingerprint density at radius 3 is 2.72 bits per heavy atom. The Morgan fingerprint density at radius 1 is 1.31 bits per heavy atom. The van der Waals surface area contributed by atoms with Crippen molar-refractivity contribution in [3.05, 3.63) is 81.7 Å². The molecule has 1 atom stereocenters. The fraction of sp³-hybridized carbons (Fsp3) is 0.357. The van der Waals surface area contributed by atoms with Gasteiger partial charge >= 0.3 is 6.61 Å². The van der Waals surface area contributed by atoms with Gasteiger partial charge in [0.25, 0.3) is 5.56 Å². The summed E-state index contributed by atoms with van der Waals surface area (Å²) in [6.45, 7) is 4.87. The number of rotatable bonds is 9. The molecule has 5 N–H and O–H groups in total. The van der Waals surface area contributed by atoms with Crippen LogP contribution in [0.2, 0.25) is 0 Å². The van der Waals surface area contributed by atoms with E-state index in [1.54, 1.807) is 50.4 Å². The third kappa shape index (κ3) is 6.55. The number of pyridine rings is 1. The summed E-state index contributed by atoms with van der Waals surface area (Å²) in [6, 6.07) is 1.77. The summed E-state index contributed by atoms with van der Waals surface area (Å²) in [5.74, 6) is 0.404. The second kappa shape index (κ2) is 11.0. The zero-order valence-electron chi connectivity index (χ0n) is 22.3. The molecule has 3 aliphatic rings. The lowest BCUT2D eigenvalue weighted by atomic mass is 9.94. The number of halogens is 2. The fourth-order valence-electron chi connectivity index (χ4n) is 4.34. The summed E-state index contributed by atoms with van der Waals surface area (Å²) < 4.78 is 37.2. The Bertz CT molecular complexity index is 1400. The number of aliphatic hydroxyl groups is 1. The lowest BCUT2D eigenvalue weighted by molar-refractivity contribution is -0.101. The number of anilines is 1. The van der Waals surface area contributed by atoms with E-state index in [0.717, 1.165) is 5.56 Å². The van der Waals surface area contributed by atoms with Crippen molar-refractivity contribution in [3.63, 3.8) is 0 Å². The number of allylic oxidation sites excluding steroid dienone is 7. The molecule has 9 nitrogen and oxygen atoms in total. The minimum absolute atomic E-state index is 0.0661. The summed E-state index contributed by atoms with van der Waals surface area (Å²) in [4.78, 5) is 14.0. The number of fused-ring (bicyclic) bond motifs is 1. The van der Waals surface area contributed by atoms with E-state index >= 15 is 0 Å². The summed E-state index contributed by atoms with van der Waals surface area (Å²) in [7, 11) is 0. The molecule has 0 unspecified atom stereocenters. The monoisotopic (exact) mass is 541 g/mol. The molecule has 0 saturated heterocycles. The first-order valence-electron chi connectivity index (χ1n) is 12.6. The largest absolute Gasteiger partial charge is 0.419 e. The van der Waals surface area contributed by atoms with Crippen molar-refractivity contribution in [1.29, 1.82) is 5.41 Å². The quantitative estimate of drug-likeness (QED) is 0.323. The topological polar surface area (TPSA) is 121 Å². The molecule has 39 heavy (non-hydrogen) atoms. The molecule has 0 spiro atoms. The molecule has 0 radical (unpaired) electrons. The Balaban J connectivity index is 1.82. The van der Waals surface area contributed by atoms with Crippen molar-refractivity contribution in [3.8, 4) is 0 Å². The SMILES string of the molecule is CCO[C@@]1(C)C=Cc2cc(C3=C/C(=C/NCC(C)(C)O)C(=N)C=C3)c(=O)n(C3=CC=C(OC(F)F)NC3)c2N1. The molecule has 11 heteroatoms. The molecule has 3 heterocycles. The van der Waals surface area contributed by atoms with Crippen LogP contribution in [0, 0.1) is 5.41 Å². The summed E-state index contributed by atoms with van der Waals surface area (Å²) >= 11 is 0. The minimum atomic E-state index is -2.97. The first-order chi connectivity index (χ1) is 18.4. The van der Waals surface area contributed by atoms with Crippen LogP contribution in [0.1, 0.15) is 38.8 Å². The second-order valence-electron chi connectivity index (χ2n) is 10.1. The lowest BCUT2D eigenvalue weighted by Gasteiger charge is -2.34. The number of aromatic nitrogens is 1. The Morgan fingerprint density at radius 2 is 2.08 bits per heavy atom. The van der Waals surface area contributed by atoms with Gasteiger partial charge in [0.2, 0.25) is 0 Å². The number of hydrogen-bond donors (Lipinski definition) is 5. The van der Waals surface area contributed by atoms with E-state index in [4.69, 9.17) is 10.1 Å². The van der Waals surface area contributed by atoms with E-state index in [0.29, 0.717) is 34.8 Å². The highest BCUT2D eigenvalue weighted by Gasteiger charge is 2.30. The van der Waals surface area contributed by atoms with Crippen molar-refractivity contribution >= 4 is 28.9 Å². The molecule has 1 aromatic heterocycles. The van der Waals surface area contributed by atoms with Gasteiger partial charge in [-0.25, -0.2) is 0 Å². The van der Waals surface area contributed by atoms with Gasteiger partial charge in [-0.1, -0.05) is 12.2 Å². The molecule has 208 valence electrons. The fourth-order valence-corrected chi connectivity index (χ4v) is 4.34. The van der Waals surface area contributed by atoms with Crippen LogP contribution in [0.15, 0.2) is 65.0 Å². The van der Waals surface area contributed by atoms with Gasteiger partial charge in [0.1, 0.15) is 5.82 Å². The zero-order valence-corrected chi connectivity index (χ0v) is 22.3. The van der Waals surface area contributed by atoms with Gasteiger partial charge in [0.15, 0.2) is 11.6 Å². The van der Waals surface area contributed by atoms with Crippen LogP contribution in [0.5, 0.6) is 0 Å². The third-order valence-electron chi connectivity index (χ3n) is 6.15. The summed E-state index contributed by atoms with van der Waals surface area (Å²) in [5.41, 5.74) is 0.879. The van der Waals surface area contributed by atoms with Crippen molar-refractivity contribution in [2.45, 2.75) is 45.6 Å². The van der Waals surface area contributed by atoms with Crippen molar-refractivity contribution in [2.75, 3.05) is 25.0 Å². The standard InChI is InChI=1S/C28H33F2N5O4/c1-5-38-28(4)11-10-18-13-21(17-6-8-22(31)19(12-17)14-32-16-27(2,3)37)25(36)35(24(18)34-28)20-7-9-23(33-15-20)39-26(29)30/h6-14,26,31-34,37H,5,15-16H2,1-4H3/b19-14-,31-22?/t28-/m0/s1. The van der Waals surface area contributed by atoms with Gasteiger partial charge in [-0.05, 0) is 69.7 Å². The van der Waals surface area contributed by atoms with Gasteiger partial charge < -0.3 is 35.9 Å². The van der Waals surface area contributed by atoms with Crippen molar-refractivity contribution < 1.29 is 23.4 Å². The normalized spacial score (nSPS) is 21.6. The molecule has 4 rings (SSSR count). The van der Waals surface area contributed by atoms with E-state index in [-0.39, 0.29) is 30.2 Å². The van der Waals surface area contributed by atoms with Crippen LogP contribution in [0.3, 0.4) is 0 Å². The van der Waals surface area contributed by atoms with E-state index in [2.05, 4.69) is 20.7 Å². The Hall–Kier alpha value is -3.96. The maximum absolute atomic E-state index is 14.0. The minimum Gasteiger partial charge on any atom is -0.419 e. The molecule has 1 aromatic rings. The maximum Gasteiger partial charge on any atom is 0.388 e. The molecular weight excluding hydrogens is 508 g/mol. The molecule has 0 bridgehead atoms. The van der Waals surface area contributed by atoms with Crippen molar-refractivity contribution in [2.24, 2.45) is 0 Å². The van der Waals surface area contributed by atoms with Crippen LogP contribution in [-0.2, 0) is 9.47 Å². The van der Waals surface area contributed by atoms with Crippen LogP contribution >= 0.6 is 0 Å². The number of ether oxygens (including phenoxy) is 2. The van der Waals surface area contributed by atoms with Crippen LogP contribution in [-0.4, -0.2) is 53.0 Å². The van der Waals surface area contributed by atoms with Gasteiger partial charge in [0, 0.05) is 41.7 Å². The van der Waals surface area contributed by atoms with E-state index in [1.165, 1.54) is 10.6 Å². The molecule has 1 aliphatic carbocycles. The predicted molar refractivity (Wildman–Crippen MR) is 148 cm³/mol. The molecular formula is C28H33F2N5O4. The maximum atomic E-state index is 14.0. The molecule has 0 amide bonds. The molecule has 0 saturated carbocycles. The van der Waals surface area contributed by atoms with Gasteiger partial charge in [-0.3, -0.25) is 9.36 Å². The number of hydrogen-bond acceptors (Lipinski definition) is 8. The van der Waals surface area contributed by atoms with Gasteiger partial charge in [-0.2, -0.15) is 8.78 Å². The number of alkyl halides is 2. The molecule has 0 fully saturated rings. The zero-order chi connectivity index (χ0) is 28.4.